The average Bonchev–Trinajstić information content (AvgIpc) is 0.918. The second-order valence-corrected chi connectivity index (χ2v) is 29.9. The lowest BCUT2D eigenvalue weighted by atomic mass is 10.1. The number of hydrogen-bond acceptors (Lipinski definition) is 15. The molecule has 104 heavy (non-hydrogen) atoms. The van der Waals surface area contributed by atoms with Crippen LogP contribution in [-0.4, -0.2) is 96.7 Å². The molecule has 0 aliphatic rings. The maximum absolute atomic E-state index is 13.1. The highest BCUT2D eigenvalue weighted by Gasteiger charge is 2.30. The van der Waals surface area contributed by atoms with Gasteiger partial charge in [0.2, 0.25) is 0 Å². The topological polar surface area (TPSA) is 237 Å². The fourth-order valence-corrected chi connectivity index (χ4v) is 12.3. The third-order valence-electron chi connectivity index (χ3n) is 16.9. The number of phosphoric acid groups is 2. The Balaban J connectivity index is 5.44. The van der Waals surface area contributed by atoms with Gasteiger partial charge in [0.05, 0.1) is 26.4 Å². The Labute approximate surface area is 632 Å². The molecule has 0 aliphatic carbocycles. The lowest BCUT2D eigenvalue weighted by Crippen LogP contribution is -2.30. The Morgan fingerprint density at radius 1 is 0.279 bits per heavy atom. The Kier molecular flexibility index (Phi) is 73.3. The zero-order valence-corrected chi connectivity index (χ0v) is 67.2. The summed E-state index contributed by atoms with van der Waals surface area (Å²) >= 11 is 0. The van der Waals surface area contributed by atoms with Crippen LogP contribution in [0.15, 0.2) is 122 Å². The van der Waals surface area contributed by atoms with Crippen molar-refractivity contribution in [2.75, 3.05) is 39.6 Å². The van der Waals surface area contributed by atoms with Crippen LogP contribution in [0.2, 0.25) is 0 Å². The van der Waals surface area contributed by atoms with E-state index in [1.807, 2.05) is 18.2 Å². The van der Waals surface area contributed by atoms with Crippen LogP contribution >= 0.6 is 15.6 Å². The molecule has 0 fully saturated rings. The zero-order valence-electron chi connectivity index (χ0n) is 65.4. The molecule has 0 aromatic rings. The van der Waals surface area contributed by atoms with Crippen molar-refractivity contribution in [1.82, 2.24) is 0 Å². The third kappa shape index (κ3) is 75.7. The minimum absolute atomic E-state index is 0.0311. The summed E-state index contributed by atoms with van der Waals surface area (Å²) in [5, 5.41) is 10.6. The lowest BCUT2D eigenvalue weighted by molar-refractivity contribution is -0.161. The van der Waals surface area contributed by atoms with Gasteiger partial charge in [-0.2, -0.15) is 0 Å². The van der Waals surface area contributed by atoms with Crippen molar-refractivity contribution in [2.24, 2.45) is 0 Å². The van der Waals surface area contributed by atoms with E-state index < -0.39 is 97.5 Å². The number of phosphoric ester groups is 2. The Hall–Kier alpha value is -4.54. The van der Waals surface area contributed by atoms with Gasteiger partial charge in [-0.3, -0.25) is 37.3 Å². The standard InChI is InChI=1S/C85H146O17P2/c1-5-9-13-17-21-25-29-33-37-38-39-40-44-46-50-54-58-62-66-70-83(88)96-76-81(102-85(90)72-68-64-60-56-52-48-43-36-32-28-24-20-16-12-8-4)78-100-104(93,94)98-74-79(86)73-97-103(91,92)99-77-80(101-84(89)71-67-63-59-55-51-47-42-35-31-27-23-19-15-11-7-3)75-95-82(87)69-65-61-57-53-49-45-41-34-30-26-22-18-14-10-6-2/h9,13,21,24-25,27-28,31,33-34,36-37,39-41,43,46,50,58,62,79-81,86H,5-8,10-12,14-20,22-23,26,29-30,32,35,38,42,44-45,47-49,51-57,59-61,63-78H2,1-4H3,(H,91,92)(H,93,94)/b13-9-,25-21-,28-24-,31-27-,37-33-,40-39-,41-34-,43-36-,50-46-,62-58-/t79-,80+,81+/m0/s1. The van der Waals surface area contributed by atoms with Crippen LogP contribution in [0.1, 0.15) is 336 Å². The molecule has 0 rings (SSSR count). The van der Waals surface area contributed by atoms with Gasteiger partial charge < -0.3 is 33.8 Å². The molecule has 0 amide bonds. The third-order valence-corrected chi connectivity index (χ3v) is 18.8. The highest BCUT2D eigenvalue weighted by molar-refractivity contribution is 7.47. The smallest absolute Gasteiger partial charge is 0.462 e. The summed E-state index contributed by atoms with van der Waals surface area (Å²) in [6.07, 6.45) is 84.7. The monoisotopic (exact) mass is 1500 g/mol. The summed E-state index contributed by atoms with van der Waals surface area (Å²) < 4.78 is 68.6. The number of carbonyl (C=O) groups is 4. The molecule has 0 heterocycles. The molecule has 0 aliphatic heterocycles. The van der Waals surface area contributed by atoms with Crippen molar-refractivity contribution in [1.29, 1.82) is 0 Å². The molecule has 598 valence electrons. The Morgan fingerprint density at radius 3 is 0.865 bits per heavy atom. The number of aliphatic hydroxyl groups is 1. The van der Waals surface area contributed by atoms with Crippen LogP contribution in [-0.2, 0) is 65.4 Å². The number of ether oxygens (including phenoxy) is 4. The summed E-state index contributed by atoms with van der Waals surface area (Å²) in [4.78, 5) is 73.0. The second kappa shape index (κ2) is 76.6. The van der Waals surface area contributed by atoms with Gasteiger partial charge in [0.25, 0.3) is 0 Å². The predicted molar refractivity (Wildman–Crippen MR) is 427 cm³/mol. The summed E-state index contributed by atoms with van der Waals surface area (Å²) in [6.45, 7) is 4.63. The number of carbonyl (C=O) groups excluding carboxylic acids is 4. The van der Waals surface area contributed by atoms with Crippen LogP contribution in [0.3, 0.4) is 0 Å². The fraction of sp³-hybridized carbons (Fsp3) is 0.718. The highest BCUT2D eigenvalue weighted by atomic mass is 31.2. The summed E-state index contributed by atoms with van der Waals surface area (Å²) in [7, 11) is -9.99. The van der Waals surface area contributed by atoms with E-state index in [1.54, 1.807) is 0 Å². The van der Waals surface area contributed by atoms with Crippen LogP contribution in [0.4, 0.5) is 0 Å². The first kappa shape index (κ1) is 99.5. The van der Waals surface area contributed by atoms with Crippen LogP contribution in [0.5, 0.6) is 0 Å². The molecule has 0 bridgehead atoms. The van der Waals surface area contributed by atoms with Gasteiger partial charge in [-0.1, -0.05) is 284 Å². The normalized spacial score (nSPS) is 14.5. The largest absolute Gasteiger partial charge is 0.472 e. The van der Waals surface area contributed by atoms with Gasteiger partial charge in [0, 0.05) is 25.7 Å². The molecule has 0 saturated carbocycles. The first-order valence-corrected chi connectivity index (χ1v) is 43.8. The van der Waals surface area contributed by atoms with E-state index in [0.717, 1.165) is 167 Å². The first-order valence-electron chi connectivity index (χ1n) is 40.8. The molecular weight excluding hydrogens is 1350 g/mol. The van der Waals surface area contributed by atoms with E-state index in [1.165, 1.54) is 83.5 Å². The van der Waals surface area contributed by atoms with Crippen molar-refractivity contribution < 1.29 is 80.2 Å². The van der Waals surface area contributed by atoms with Gasteiger partial charge in [-0.25, -0.2) is 9.13 Å². The zero-order chi connectivity index (χ0) is 76.0. The molecule has 5 atom stereocenters. The second-order valence-electron chi connectivity index (χ2n) is 27.0. The van der Waals surface area contributed by atoms with Crippen molar-refractivity contribution in [3.63, 3.8) is 0 Å². The van der Waals surface area contributed by atoms with Crippen LogP contribution < -0.4 is 0 Å². The minimum Gasteiger partial charge on any atom is -0.462 e. The van der Waals surface area contributed by atoms with Gasteiger partial charge in [0.15, 0.2) is 12.2 Å². The molecule has 0 radical (unpaired) electrons. The van der Waals surface area contributed by atoms with Crippen molar-refractivity contribution >= 4 is 39.5 Å². The summed E-state index contributed by atoms with van der Waals surface area (Å²) in [5.74, 6) is -2.29. The van der Waals surface area contributed by atoms with E-state index in [0.29, 0.717) is 32.1 Å². The number of aliphatic hydroxyl groups excluding tert-OH is 1. The molecule has 17 nitrogen and oxygen atoms in total. The molecule has 3 N–H and O–H groups in total. The van der Waals surface area contributed by atoms with Gasteiger partial charge in [-0.05, 0) is 148 Å². The van der Waals surface area contributed by atoms with Gasteiger partial charge in [0.1, 0.15) is 19.3 Å². The Morgan fingerprint density at radius 2 is 0.519 bits per heavy atom. The predicted octanol–water partition coefficient (Wildman–Crippen LogP) is 23.9. The maximum atomic E-state index is 13.1. The fourth-order valence-electron chi connectivity index (χ4n) is 10.7. The molecule has 0 spiro atoms. The Bertz CT molecular complexity index is 2440. The van der Waals surface area contributed by atoms with Crippen molar-refractivity contribution in [3.05, 3.63) is 122 Å². The molecule has 0 saturated heterocycles. The summed E-state index contributed by atoms with van der Waals surface area (Å²) in [5.41, 5.74) is 0. The average molecular weight is 1500 g/mol. The van der Waals surface area contributed by atoms with E-state index in [2.05, 4.69) is 131 Å². The molecule has 19 heteroatoms. The number of esters is 4. The van der Waals surface area contributed by atoms with E-state index >= 15 is 0 Å². The van der Waals surface area contributed by atoms with E-state index in [9.17, 15) is 43.2 Å². The van der Waals surface area contributed by atoms with Crippen LogP contribution in [0.25, 0.3) is 0 Å². The quantitative estimate of drug-likeness (QED) is 0.0169. The van der Waals surface area contributed by atoms with Gasteiger partial charge >= 0.3 is 39.5 Å². The number of hydrogen-bond donors (Lipinski definition) is 3. The van der Waals surface area contributed by atoms with Crippen LogP contribution in [0, 0.1) is 0 Å². The molecule has 0 aromatic carbocycles. The number of unbranched alkanes of at least 4 members (excludes halogenated alkanes) is 30. The SMILES string of the molecule is CC/C=C\C/C=C\C/C=C\C/C=C\C/C=C\C/C=C\CCC(=O)OC[C@H](COP(=O)(O)OC[C@@H](O)COP(=O)(O)OC[C@@H](COC(=O)CCCCCCC/C=C\CCCCCCCC)OC(=O)CCCCCCCCC/C=C\CCCCCC)OC(=O)CCCCCCC/C=C\C/C=C\CCCCC. The molecule has 2 unspecified atom stereocenters. The maximum Gasteiger partial charge on any atom is 0.472 e. The van der Waals surface area contributed by atoms with E-state index in [-0.39, 0.29) is 25.7 Å². The molecule has 0 aromatic heterocycles. The number of rotatable bonds is 76. The van der Waals surface area contributed by atoms with Gasteiger partial charge in [-0.15, -0.1) is 0 Å². The lowest BCUT2D eigenvalue weighted by Gasteiger charge is -2.21. The van der Waals surface area contributed by atoms with Crippen molar-refractivity contribution in [2.45, 2.75) is 354 Å². The van der Waals surface area contributed by atoms with E-state index in [4.69, 9.17) is 37.0 Å². The summed E-state index contributed by atoms with van der Waals surface area (Å²) in [6, 6.07) is 0. The minimum atomic E-state index is -5.00. The molecular formula is C85H146O17P2. The number of allylic oxidation sites excluding steroid dienone is 20. The first-order chi connectivity index (χ1) is 50.7. The highest BCUT2D eigenvalue weighted by Crippen LogP contribution is 2.45. The van der Waals surface area contributed by atoms with Crippen molar-refractivity contribution in [3.8, 4) is 0 Å².